The van der Waals surface area contributed by atoms with E-state index in [-0.39, 0.29) is 24.6 Å². The highest BCUT2D eigenvalue weighted by Gasteiger charge is 2.43. The fraction of sp³-hybridized carbons (Fsp3) is 0.655. The fourth-order valence-electron chi connectivity index (χ4n) is 5.00. The van der Waals surface area contributed by atoms with E-state index in [1.807, 2.05) is 30.3 Å². The van der Waals surface area contributed by atoms with E-state index in [1.54, 1.807) is 25.7 Å². The average molecular weight is 591 g/mol. The molecule has 4 amide bonds. The third-order valence-electron chi connectivity index (χ3n) is 7.07. The van der Waals surface area contributed by atoms with Gasteiger partial charge < -0.3 is 35.1 Å². The summed E-state index contributed by atoms with van der Waals surface area (Å²) in [6.45, 7) is 12.9. The van der Waals surface area contributed by atoms with Crippen molar-refractivity contribution in [1.29, 1.82) is 0 Å². The summed E-state index contributed by atoms with van der Waals surface area (Å²) in [5.74, 6) is -0.218. The molecule has 1 aliphatic heterocycles. The maximum Gasteiger partial charge on any atom is 0.408 e. The molecule has 0 radical (unpaired) electrons. The Morgan fingerprint density at radius 2 is 1.61 bits per heavy atom. The normalized spacial score (nSPS) is 23.0. The Morgan fingerprint density at radius 3 is 2.27 bits per heavy atom. The van der Waals surface area contributed by atoms with Gasteiger partial charge in [-0.3, -0.25) is 4.79 Å². The number of ether oxygens (including phenoxy) is 3. The molecule has 1 saturated heterocycles. The van der Waals surface area contributed by atoms with Crippen LogP contribution in [-0.2, 0) is 25.6 Å². The Kier molecular flexibility index (Phi) is 11.1. The summed E-state index contributed by atoms with van der Waals surface area (Å²) < 4.78 is 16.2. The van der Waals surface area contributed by atoms with Gasteiger partial charge in [-0.05, 0) is 58.1 Å². The van der Waals surface area contributed by atoms with Crippen LogP contribution in [0.3, 0.4) is 0 Å². The van der Waals surface area contributed by atoms with Gasteiger partial charge in [0.15, 0.2) is 0 Å². The van der Waals surface area contributed by atoms with Gasteiger partial charge in [0.25, 0.3) is 0 Å². The second-order valence-electron chi connectivity index (χ2n) is 13.0. The van der Waals surface area contributed by atoms with E-state index in [0.717, 1.165) is 11.6 Å². The summed E-state index contributed by atoms with van der Waals surface area (Å²) >= 11 is 0. The molecule has 3 unspecified atom stereocenters. The first kappa shape index (κ1) is 32.2. The maximum absolute atomic E-state index is 13.4. The minimum absolute atomic E-state index is 0.109. The van der Waals surface area contributed by atoms with Gasteiger partial charge in [-0.1, -0.05) is 50.0 Å². The molecule has 3 N–H and O–H groups in total. The first-order valence-corrected chi connectivity index (χ1v) is 18.1. The largest absolute Gasteiger partial charge is 0.450 e. The van der Waals surface area contributed by atoms with Crippen molar-refractivity contribution in [3.8, 4) is 0 Å². The number of likely N-dealkylation sites (tertiary alicyclic amines) is 1. The van der Waals surface area contributed by atoms with E-state index in [4.69, 9.17) is 14.2 Å². The van der Waals surface area contributed by atoms with Gasteiger partial charge in [-0.25, -0.2) is 14.4 Å². The van der Waals surface area contributed by atoms with Crippen molar-refractivity contribution in [3.05, 3.63) is 35.9 Å². The lowest BCUT2D eigenvalue weighted by atomic mass is 9.85. The highest BCUT2D eigenvalue weighted by atomic mass is 28.3. The number of carbonyl (C=O) groups is 4. The summed E-state index contributed by atoms with van der Waals surface area (Å²) in [4.78, 5) is 52.7. The smallest absolute Gasteiger partial charge is 0.408 e. The van der Waals surface area contributed by atoms with Crippen LogP contribution in [0.2, 0.25) is 25.7 Å². The molecule has 2 fully saturated rings. The van der Waals surface area contributed by atoms with Crippen molar-refractivity contribution in [2.24, 2.45) is 0 Å². The number of carbonyl (C=O) groups excluding carboxylic acids is 4. The Labute approximate surface area is 244 Å². The number of amides is 4. The van der Waals surface area contributed by atoms with Crippen molar-refractivity contribution in [1.82, 2.24) is 20.9 Å². The lowest BCUT2D eigenvalue weighted by Crippen LogP contribution is -2.59. The van der Waals surface area contributed by atoms with Gasteiger partial charge in [-0.15, -0.1) is 0 Å². The van der Waals surface area contributed by atoms with Crippen LogP contribution < -0.4 is 16.0 Å². The second-order valence-corrected chi connectivity index (χ2v) is 18.6. The zero-order valence-corrected chi connectivity index (χ0v) is 26.2. The molecule has 1 heterocycles. The zero-order valence-electron chi connectivity index (χ0n) is 25.2. The molecule has 1 aromatic rings. The van der Waals surface area contributed by atoms with Crippen molar-refractivity contribution < 1.29 is 33.4 Å². The summed E-state index contributed by atoms with van der Waals surface area (Å²) in [5, 5.41) is 8.54. The Bertz CT molecular complexity index is 1060. The summed E-state index contributed by atoms with van der Waals surface area (Å²) in [6, 6.07) is 8.44. The first-order chi connectivity index (χ1) is 19.2. The predicted molar refractivity (Wildman–Crippen MR) is 157 cm³/mol. The molecule has 0 spiro atoms. The van der Waals surface area contributed by atoms with E-state index in [1.165, 1.54) is 0 Å². The van der Waals surface area contributed by atoms with Crippen LogP contribution in [0.25, 0.3) is 0 Å². The zero-order chi connectivity index (χ0) is 30.2. The van der Waals surface area contributed by atoms with Gasteiger partial charge in [-0.2, -0.15) is 0 Å². The molecule has 228 valence electrons. The third kappa shape index (κ3) is 10.9. The van der Waals surface area contributed by atoms with Gasteiger partial charge in [0.05, 0.1) is 18.7 Å². The number of benzene rings is 1. The minimum Gasteiger partial charge on any atom is -0.450 e. The van der Waals surface area contributed by atoms with Crippen molar-refractivity contribution in [2.45, 2.75) is 109 Å². The standard InChI is InChI=1S/C29H46N4O7Si/c1-29(2,3)40-28(37)30-21-12-13-24(23(18-21)32-26(35)38-16-17-41(4,5)6)33-15-14-22(25(33)34)31-27(36)39-19-20-10-8-7-9-11-20/h7-11,21-24H,12-19H2,1-6H3,(H,30,37)(H,31,36)(H,32,35)/t21?,22-,23?,24?/m0/s1. The van der Waals surface area contributed by atoms with Crippen LogP contribution in [0.15, 0.2) is 30.3 Å². The number of nitrogens with one attached hydrogen (secondary N) is 3. The monoisotopic (exact) mass is 590 g/mol. The molecule has 41 heavy (non-hydrogen) atoms. The van der Waals surface area contributed by atoms with Gasteiger partial charge in [0.2, 0.25) is 5.91 Å². The van der Waals surface area contributed by atoms with Crippen molar-refractivity contribution >= 4 is 32.3 Å². The second kappa shape index (κ2) is 14.1. The van der Waals surface area contributed by atoms with Gasteiger partial charge in [0.1, 0.15) is 18.2 Å². The maximum atomic E-state index is 13.4. The number of hydrogen-bond donors (Lipinski definition) is 3. The summed E-state index contributed by atoms with van der Waals surface area (Å²) in [6.07, 6.45) is 0.289. The predicted octanol–water partition coefficient (Wildman–Crippen LogP) is 4.39. The fourth-order valence-corrected chi connectivity index (χ4v) is 5.72. The summed E-state index contributed by atoms with van der Waals surface area (Å²) in [7, 11) is -1.38. The van der Waals surface area contributed by atoms with E-state index in [2.05, 4.69) is 35.6 Å². The Balaban J connectivity index is 1.61. The quantitative estimate of drug-likeness (QED) is 0.287. The third-order valence-corrected chi connectivity index (χ3v) is 8.77. The SMILES string of the molecule is CC(C)(C)OC(=O)NC1CCC(N2CC[C@H](NC(=O)OCc3ccccc3)C2=O)C(NC(=O)OCC[Si](C)(C)C)C1. The molecule has 1 saturated carbocycles. The molecule has 12 heteroatoms. The number of hydrogen-bond acceptors (Lipinski definition) is 7. The molecular weight excluding hydrogens is 544 g/mol. The Hall–Kier alpha value is -3.28. The highest BCUT2D eigenvalue weighted by Crippen LogP contribution is 2.28. The van der Waals surface area contributed by atoms with Gasteiger partial charge in [0, 0.05) is 20.7 Å². The van der Waals surface area contributed by atoms with Crippen molar-refractivity contribution in [2.75, 3.05) is 13.2 Å². The molecule has 11 nitrogen and oxygen atoms in total. The molecule has 2 aliphatic rings. The molecule has 1 aliphatic carbocycles. The molecule has 3 rings (SSSR count). The van der Waals surface area contributed by atoms with Crippen LogP contribution in [0.1, 0.15) is 52.0 Å². The summed E-state index contributed by atoms with van der Waals surface area (Å²) in [5.41, 5.74) is 0.218. The van der Waals surface area contributed by atoms with E-state index < -0.39 is 44.0 Å². The molecule has 1 aromatic carbocycles. The van der Waals surface area contributed by atoms with Crippen LogP contribution in [0, 0.1) is 0 Å². The highest BCUT2D eigenvalue weighted by molar-refractivity contribution is 6.76. The molecule has 0 bridgehead atoms. The topological polar surface area (TPSA) is 135 Å². The number of nitrogens with zero attached hydrogens (tertiary/aromatic N) is 1. The molecule has 0 aromatic heterocycles. The number of alkyl carbamates (subject to hydrolysis) is 3. The molecular formula is C29H46N4O7Si. The van der Waals surface area contributed by atoms with Crippen LogP contribution in [-0.4, -0.2) is 80.1 Å². The van der Waals surface area contributed by atoms with Crippen LogP contribution in [0.5, 0.6) is 0 Å². The van der Waals surface area contributed by atoms with Crippen LogP contribution >= 0.6 is 0 Å². The van der Waals surface area contributed by atoms with Crippen molar-refractivity contribution in [3.63, 3.8) is 0 Å². The van der Waals surface area contributed by atoms with E-state index >= 15 is 0 Å². The molecule has 4 atom stereocenters. The Morgan fingerprint density at radius 1 is 0.927 bits per heavy atom. The van der Waals surface area contributed by atoms with E-state index in [0.29, 0.717) is 38.8 Å². The van der Waals surface area contributed by atoms with Gasteiger partial charge >= 0.3 is 18.3 Å². The van der Waals surface area contributed by atoms with Crippen LogP contribution in [0.4, 0.5) is 14.4 Å². The number of rotatable bonds is 9. The lowest BCUT2D eigenvalue weighted by Gasteiger charge is -2.41. The lowest BCUT2D eigenvalue weighted by molar-refractivity contribution is -0.132. The van der Waals surface area contributed by atoms with E-state index in [9.17, 15) is 19.2 Å². The minimum atomic E-state index is -1.38. The average Bonchev–Trinajstić information content (AvgIpc) is 3.21. The first-order valence-electron chi connectivity index (χ1n) is 14.4.